The van der Waals surface area contributed by atoms with Crippen LogP contribution in [-0.4, -0.2) is 25.3 Å². The van der Waals surface area contributed by atoms with Crippen LogP contribution >= 0.6 is 27.3 Å². The van der Waals surface area contributed by atoms with Crippen LogP contribution in [0.15, 0.2) is 31.9 Å². The van der Waals surface area contributed by atoms with Crippen molar-refractivity contribution in [1.82, 2.24) is 19.4 Å². The standard InChI is InChI=1S/C21H22BrN5O3S/c1-5-6-15-9-16-20(31-15)23-13(4)27(21(16)29)25-19(28)17-8-7-14(30-17)10-26-12(3)18(22)11(2)24-26/h7-9H,5-6,10H2,1-4H3,(H,25,28). The molecule has 4 heterocycles. The summed E-state index contributed by atoms with van der Waals surface area (Å²) in [5, 5.41) is 4.96. The second-order valence-corrected chi connectivity index (χ2v) is 9.24. The summed E-state index contributed by atoms with van der Waals surface area (Å²) in [5.41, 5.74) is 4.17. The monoisotopic (exact) mass is 503 g/mol. The fourth-order valence-electron chi connectivity index (χ4n) is 3.35. The van der Waals surface area contributed by atoms with E-state index in [9.17, 15) is 9.59 Å². The molecule has 0 aliphatic heterocycles. The normalized spacial score (nSPS) is 11.4. The van der Waals surface area contributed by atoms with Gasteiger partial charge in [0.1, 0.15) is 16.4 Å². The summed E-state index contributed by atoms with van der Waals surface area (Å²) < 4.78 is 9.63. The molecule has 0 spiro atoms. The number of rotatable bonds is 6. The quantitative estimate of drug-likeness (QED) is 0.422. The summed E-state index contributed by atoms with van der Waals surface area (Å²) >= 11 is 5.02. The smallest absolute Gasteiger partial charge is 0.305 e. The maximum Gasteiger partial charge on any atom is 0.305 e. The minimum absolute atomic E-state index is 0.110. The summed E-state index contributed by atoms with van der Waals surface area (Å²) in [6.45, 7) is 8.04. The molecule has 0 aliphatic carbocycles. The van der Waals surface area contributed by atoms with Gasteiger partial charge in [0, 0.05) is 4.88 Å². The molecule has 0 bridgehead atoms. The lowest BCUT2D eigenvalue weighted by Gasteiger charge is -2.09. The van der Waals surface area contributed by atoms with Crippen molar-refractivity contribution in [3.05, 3.63) is 66.6 Å². The summed E-state index contributed by atoms with van der Waals surface area (Å²) in [5.74, 6) is 0.591. The van der Waals surface area contributed by atoms with Crippen LogP contribution in [-0.2, 0) is 13.0 Å². The summed E-state index contributed by atoms with van der Waals surface area (Å²) in [6.07, 6.45) is 1.89. The molecule has 31 heavy (non-hydrogen) atoms. The average molecular weight is 504 g/mol. The molecule has 0 aromatic carbocycles. The highest BCUT2D eigenvalue weighted by atomic mass is 79.9. The Morgan fingerprint density at radius 3 is 2.74 bits per heavy atom. The van der Waals surface area contributed by atoms with Gasteiger partial charge in [-0.25, -0.2) is 9.66 Å². The van der Waals surface area contributed by atoms with E-state index < -0.39 is 5.91 Å². The molecular weight excluding hydrogens is 482 g/mol. The van der Waals surface area contributed by atoms with Crippen molar-refractivity contribution in [3.8, 4) is 0 Å². The van der Waals surface area contributed by atoms with E-state index in [1.54, 1.807) is 23.7 Å². The van der Waals surface area contributed by atoms with Crippen molar-refractivity contribution < 1.29 is 9.21 Å². The molecule has 0 unspecified atom stereocenters. The molecule has 0 atom stereocenters. The molecule has 4 aromatic heterocycles. The first-order valence-corrected chi connectivity index (χ1v) is 11.5. The van der Waals surface area contributed by atoms with Crippen LogP contribution < -0.4 is 11.0 Å². The number of hydrogen-bond donors (Lipinski definition) is 1. The third kappa shape index (κ3) is 4.09. The molecule has 1 N–H and O–H groups in total. The molecular formula is C21H22BrN5O3S. The van der Waals surface area contributed by atoms with Gasteiger partial charge in [-0.05, 0) is 61.3 Å². The van der Waals surface area contributed by atoms with E-state index in [2.05, 4.69) is 38.4 Å². The highest BCUT2D eigenvalue weighted by Crippen LogP contribution is 2.23. The minimum Gasteiger partial charge on any atom is -0.454 e. The minimum atomic E-state index is -0.517. The zero-order valence-corrected chi connectivity index (χ0v) is 20.1. The van der Waals surface area contributed by atoms with E-state index >= 15 is 0 Å². The topological polar surface area (TPSA) is 95.0 Å². The first-order chi connectivity index (χ1) is 14.8. The van der Waals surface area contributed by atoms with E-state index in [1.165, 1.54) is 16.0 Å². The lowest BCUT2D eigenvalue weighted by molar-refractivity contribution is 0.0978. The molecule has 4 rings (SSSR count). The molecule has 8 nitrogen and oxygen atoms in total. The second-order valence-electron chi connectivity index (χ2n) is 7.33. The zero-order chi connectivity index (χ0) is 22.3. The molecule has 162 valence electrons. The number of nitrogens with one attached hydrogen (secondary N) is 1. The van der Waals surface area contributed by atoms with Gasteiger partial charge in [0.05, 0.1) is 27.8 Å². The van der Waals surface area contributed by atoms with Crippen LogP contribution in [0.5, 0.6) is 0 Å². The number of furan rings is 1. The maximum absolute atomic E-state index is 12.9. The highest BCUT2D eigenvalue weighted by molar-refractivity contribution is 9.10. The van der Waals surface area contributed by atoms with Crippen LogP contribution in [0, 0.1) is 20.8 Å². The highest BCUT2D eigenvalue weighted by Gasteiger charge is 2.18. The first kappa shape index (κ1) is 21.5. The van der Waals surface area contributed by atoms with Crippen molar-refractivity contribution in [2.45, 2.75) is 47.1 Å². The van der Waals surface area contributed by atoms with Crippen LogP contribution in [0.4, 0.5) is 0 Å². The van der Waals surface area contributed by atoms with Crippen LogP contribution in [0.25, 0.3) is 10.2 Å². The number of thiophene rings is 1. The van der Waals surface area contributed by atoms with Gasteiger partial charge >= 0.3 is 5.91 Å². The van der Waals surface area contributed by atoms with Gasteiger partial charge in [-0.1, -0.05) is 13.3 Å². The van der Waals surface area contributed by atoms with Crippen LogP contribution in [0.2, 0.25) is 0 Å². The van der Waals surface area contributed by atoms with Crippen molar-refractivity contribution in [2.24, 2.45) is 0 Å². The van der Waals surface area contributed by atoms with Crippen LogP contribution in [0.3, 0.4) is 0 Å². The van der Waals surface area contributed by atoms with Gasteiger partial charge in [-0.2, -0.15) is 5.10 Å². The number of fused-ring (bicyclic) bond motifs is 1. The number of nitrogens with zero attached hydrogens (tertiary/aromatic N) is 4. The predicted molar refractivity (Wildman–Crippen MR) is 124 cm³/mol. The van der Waals surface area contributed by atoms with E-state index in [0.29, 0.717) is 28.3 Å². The molecule has 0 radical (unpaired) electrons. The third-order valence-corrected chi connectivity index (χ3v) is 7.21. The van der Waals surface area contributed by atoms with Gasteiger partial charge in [0.15, 0.2) is 5.76 Å². The largest absolute Gasteiger partial charge is 0.454 e. The number of amides is 1. The van der Waals surface area contributed by atoms with Gasteiger partial charge in [0.2, 0.25) is 0 Å². The van der Waals surface area contributed by atoms with Gasteiger partial charge in [-0.3, -0.25) is 19.7 Å². The lowest BCUT2D eigenvalue weighted by atomic mass is 10.2. The van der Waals surface area contributed by atoms with Crippen molar-refractivity contribution in [1.29, 1.82) is 0 Å². The number of carbonyl (C=O) groups is 1. The average Bonchev–Trinajstić information content (AvgIpc) is 3.41. The number of aryl methyl sites for hydroxylation is 3. The van der Waals surface area contributed by atoms with Crippen molar-refractivity contribution in [2.75, 3.05) is 5.43 Å². The van der Waals surface area contributed by atoms with Gasteiger partial charge in [-0.15, -0.1) is 11.3 Å². The first-order valence-electron chi connectivity index (χ1n) is 9.90. The number of halogens is 1. The molecule has 0 saturated heterocycles. The van der Waals surface area contributed by atoms with Crippen molar-refractivity contribution in [3.63, 3.8) is 0 Å². The Hall–Kier alpha value is -2.72. The Labute approximate surface area is 191 Å². The molecule has 0 aliphatic rings. The lowest BCUT2D eigenvalue weighted by Crippen LogP contribution is -2.35. The number of carbonyl (C=O) groups excluding carboxylic acids is 1. The van der Waals surface area contributed by atoms with Crippen LogP contribution in [0.1, 0.15) is 51.7 Å². The fraction of sp³-hybridized carbons (Fsp3) is 0.333. The molecule has 4 aromatic rings. The molecule has 0 fully saturated rings. The Bertz CT molecular complexity index is 1350. The van der Waals surface area contributed by atoms with E-state index in [1.807, 2.05) is 19.9 Å². The van der Waals surface area contributed by atoms with Crippen molar-refractivity contribution >= 4 is 43.4 Å². The fourth-order valence-corrected chi connectivity index (χ4v) is 4.80. The number of hydrogen-bond acceptors (Lipinski definition) is 6. The Balaban J connectivity index is 1.56. The van der Waals surface area contributed by atoms with Gasteiger partial charge in [0.25, 0.3) is 5.56 Å². The number of aromatic nitrogens is 4. The van der Waals surface area contributed by atoms with E-state index in [0.717, 1.165) is 33.6 Å². The SMILES string of the molecule is CCCc1cc2c(=O)n(NC(=O)c3ccc(Cn4nc(C)c(Br)c4C)o3)c(C)nc2s1. The Morgan fingerprint density at radius 1 is 1.29 bits per heavy atom. The van der Waals surface area contributed by atoms with E-state index in [-0.39, 0.29) is 11.3 Å². The third-order valence-electron chi connectivity index (χ3n) is 4.98. The maximum atomic E-state index is 12.9. The summed E-state index contributed by atoms with van der Waals surface area (Å²) in [4.78, 5) is 31.9. The Morgan fingerprint density at radius 2 is 2.06 bits per heavy atom. The second kappa shape index (κ2) is 8.43. The Kier molecular flexibility index (Phi) is 5.85. The summed E-state index contributed by atoms with van der Waals surface area (Å²) in [6, 6.07) is 5.17. The van der Waals surface area contributed by atoms with Gasteiger partial charge < -0.3 is 4.42 Å². The molecule has 10 heteroatoms. The summed E-state index contributed by atoms with van der Waals surface area (Å²) in [7, 11) is 0. The zero-order valence-electron chi connectivity index (χ0n) is 17.7. The van der Waals surface area contributed by atoms with E-state index in [4.69, 9.17) is 4.42 Å². The molecule has 1 amide bonds. The molecule has 0 saturated carbocycles. The predicted octanol–water partition coefficient (Wildman–Crippen LogP) is 4.32.